The summed E-state index contributed by atoms with van der Waals surface area (Å²) in [6.07, 6.45) is 0.602. The maximum atomic E-state index is 12.8. The van der Waals surface area contributed by atoms with E-state index in [0.29, 0.717) is 30.1 Å². The SMILES string of the molecule is COc1ccc(NS(=O)(=O)c2cccc(N[C@H]3CC(=O)N(CCc4ccccc4)C3=O)c2)cc1. The van der Waals surface area contributed by atoms with Crippen molar-refractivity contribution in [3.8, 4) is 5.75 Å². The summed E-state index contributed by atoms with van der Waals surface area (Å²) in [6.45, 7) is 0.306. The standard InChI is InChI=1S/C25H25N3O5S/c1-33-21-12-10-19(11-13-21)27-34(31,32)22-9-5-8-20(16-22)26-23-17-24(29)28(25(23)30)15-14-18-6-3-2-4-7-18/h2-13,16,23,26-27H,14-15,17H2,1H3/t23-/m0/s1. The first-order chi connectivity index (χ1) is 16.4. The number of hydrogen-bond acceptors (Lipinski definition) is 6. The molecule has 8 nitrogen and oxygen atoms in total. The number of anilines is 2. The molecule has 1 aliphatic rings. The predicted molar refractivity (Wildman–Crippen MR) is 129 cm³/mol. The molecule has 2 N–H and O–H groups in total. The molecule has 0 unspecified atom stereocenters. The summed E-state index contributed by atoms with van der Waals surface area (Å²) in [6, 6.07) is 21.6. The Morgan fingerprint density at radius 1 is 0.941 bits per heavy atom. The number of ether oxygens (including phenoxy) is 1. The predicted octanol–water partition coefficient (Wildman–Crippen LogP) is 3.28. The number of benzene rings is 3. The van der Waals surface area contributed by atoms with Gasteiger partial charge < -0.3 is 10.1 Å². The molecule has 1 fully saturated rings. The van der Waals surface area contributed by atoms with E-state index in [1.165, 1.54) is 24.1 Å². The third-order valence-corrected chi connectivity index (χ3v) is 6.92. The van der Waals surface area contributed by atoms with Gasteiger partial charge in [-0.3, -0.25) is 19.2 Å². The lowest BCUT2D eigenvalue weighted by molar-refractivity contribution is -0.138. The van der Waals surface area contributed by atoms with Crippen molar-refractivity contribution >= 4 is 33.2 Å². The Balaban J connectivity index is 1.42. The molecule has 176 valence electrons. The minimum atomic E-state index is -3.86. The minimum Gasteiger partial charge on any atom is -0.497 e. The number of rotatable bonds is 9. The van der Waals surface area contributed by atoms with Gasteiger partial charge >= 0.3 is 0 Å². The van der Waals surface area contributed by atoms with E-state index < -0.39 is 16.1 Å². The Labute approximate surface area is 198 Å². The van der Waals surface area contributed by atoms with Crippen molar-refractivity contribution in [1.29, 1.82) is 0 Å². The van der Waals surface area contributed by atoms with E-state index in [0.717, 1.165) is 5.56 Å². The molecule has 4 rings (SSSR count). The Morgan fingerprint density at radius 3 is 2.38 bits per heavy atom. The Bertz CT molecular complexity index is 1280. The van der Waals surface area contributed by atoms with Crippen LogP contribution in [0.5, 0.6) is 5.75 Å². The molecule has 0 spiro atoms. The Morgan fingerprint density at radius 2 is 1.68 bits per heavy atom. The van der Waals surface area contributed by atoms with Gasteiger partial charge in [0.1, 0.15) is 11.8 Å². The Hall–Kier alpha value is -3.85. The average molecular weight is 480 g/mol. The van der Waals surface area contributed by atoms with Crippen LogP contribution < -0.4 is 14.8 Å². The van der Waals surface area contributed by atoms with Crippen molar-refractivity contribution < 1.29 is 22.7 Å². The smallest absolute Gasteiger partial charge is 0.261 e. The molecule has 1 aliphatic heterocycles. The molecular weight excluding hydrogens is 454 g/mol. The molecule has 0 radical (unpaired) electrons. The second-order valence-corrected chi connectivity index (χ2v) is 9.56. The lowest BCUT2D eigenvalue weighted by Gasteiger charge is -2.16. The van der Waals surface area contributed by atoms with Gasteiger partial charge in [-0.2, -0.15) is 0 Å². The highest BCUT2D eigenvalue weighted by Crippen LogP contribution is 2.24. The molecule has 3 aromatic rings. The molecule has 0 bridgehead atoms. The van der Waals surface area contributed by atoms with E-state index in [-0.39, 0.29) is 23.1 Å². The minimum absolute atomic E-state index is 0.0225. The molecular formula is C25H25N3O5S. The van der Waals surface area contributed by atoms with Crippen LogP contribution in [0.3, 0.4) is 0 Å². The maximum absolute atomic E-state index is 12.8. The normalized spacial score (nSPS) is 15.9. The first-order valence-electron chi connectivity index (χ1n) is 10.8. The van der Waals surface area contributed by atoms with Crippen LogP contribution in [0.25, 0.3) is 0 Å². The van der Waals surface area contributed by atoms with Gasteiger partial charge in [-0.25, -0.2) is 8.42 Å². The fraction of sp³-hybridized carbons (Fsp3) is 0.200. The molecule has 1 saturated heterocycles. The van der Waals surface area contributed by atoms with Crippen LogP contribution in [-0.4, -0.2) is 44.8 Å². The van der Waals surface area contributed by atoms with Crippen molar-refractivity contribution in [3.05, 3.63) is 84.4 Å². The second kappa shape index (κ2) is 9.96. The highest BCUT2D eigenvalue weighted by molar-refractivity contribution is 7.92. The molecule has 9 heteroatoms. The molecule has 1 heterocycles. The van der Waals surface area contributed by atoms with Gasteiger partial charge in [-0.05, 0) is 54.4 Å². The Kier molecular flexibility index (Phi) is 6.83. The monoisotopic (exact) mass is 479 g/mol. The summed E-state index contributed by atoms with van der Waals surface area (Å²) in [7, 11) is -2.33. The van der Waals surface area contributed by atoms with Crippen LogP contribution in [0, 0.1) is 0 Å². The molecule has 0 aliphatic carbocycles. The third kappa shape index (κ3) is 5.37. The first kappa shape index (κ1) is 23.3. The van der Waals surface area contributed by atoms with Gasteiger partial charge in [0.05, 0.1) is 18.4 Å². The number of sulfonamides is 1. The van der Waals surface area contributed by atoms with Crippen molar-refractivity contribution in [2.75, 3.05) is 23.7 Å². The number of amides is 2. The maximum Gasteiger partial charge on any atom is 0.261 e. The number of nitrogens with one attached hydrogen (secondary N) is 2. The lowest BCUT2D eigenvalue weighted by Crippen LogP contribution is -2.36. The van der Waals surface area contributed by atoms with Crippen LogP contribution >= 0.6 is 0 Å². The summed E-state index contributed by atoms with van der Waals surface area (Å²) >= 11 is 0. The van der Waals surface area contributed by atoms with Crippen LogP contribution in [-0.2, 0) is 26.0 Å². The average Bonchev–Trinajstić information content (AvgIpc) is 3.10. The van der Waals surface area contributed by atoms with Crippen LogP contribution in [0.2, 0.25) is 0 Å². The largest absolute Gasteiger partial charge is 0.497 e. The van der Waals surface area contributed by atoms with Gasteiger partial charge in [-0.1, -0.05) is 36.4 Å². The van der Waals surface area contributed by atoms with Gasteiger partial charge in [0.25, 0.3) is 15.9 Å². The number of imide groups is 1. The van der Waals surface area contributed by atoms with E-state index in [4.69, 9.17) is 4.74 Å². The summed E-state index contributed by atoms with van der Waals surface area (Å²) < 4.78 is 33.3. The number of hydrogen-bond donors (Lipinski definition) is 2. The third-order valence-electron chi connectivity index (χ3n) is 5.54. The fourth-order valence-electron chi connectivity index (χ4n) is 3.74. The summed E-state index contributed by atoms with van der Waals surface area (Å²) in [5, 5.41) is 3.02. The second-order valence-electron chi connectivity index (χ2n) is 7.88. The quantitative estimate of drug-likeness (QED) is 0.457. The number of nitrogens with zero attached hydrogens (tertiary/aromatic N) is 1. The topological polar surface area (TPSA) is 105 Å². The fourth-order valence-corrected chi connectivity index (χ4v) is 4.85. The van der Waals surface area contributed by atoms with Crippen LogP contribution in [0.15, 0.2) is 83.8 Å². The molecule has 2 amide bonds. The molecule has 1 atom stereocenters. The molecule has 34 heavy (non-hydrogen) atoms. The number of carbonyl (C=O) groups is 2. The van der Waals surface area contributed by atoms with E-state index in [1.54, 1.807) is 36.4 Å². The van der Waals surface area contributed by atoms with Gasteiger partial charge in [0.2, 0.25) is 5.91 Å². The first-order valence-corrected chi connectivity index (χ1v) is 12.3. The van der Waals surface area contributed by atoms with E-state index in [1.807, 2.05) is 30.3 Å². The summed E-state index contributed by atoms with van der Waals surface area (Å²) in [4.78, 5) is 26.5. The van der Waals surface area contributed by atoms with Crippen molar-refractivity contribution in [1.82, 2.24) is 4.90 Å². The zero-order valence-corrected chi connectivity index (χ0v) is 19.4. The molecule has 0 aromatic heterocycles. The van der Waals surface area contributed by atoms with Gasteiger partial charge in [-0.15, -0.1) is 0 Å². The van der Waals surface area contributed by atoms with Crippen molar-refractivity contribution in [2.24, 2.45) is 0 Å². The van der Waals surface area contributed by atoms with E-state index in [9.17, 15) is 18.0 Å². The zero-order valence-electron chi connectivity index (χ0n) is 18.6. The van der Waals surface area contributed by atoms with Gasteiger partial charge in [0, 0.05) is 17.9 Å². The number of likely N-dealkylation sites (tertiary alicyclic amines) is 1. The van der Waals surface area contributed by atoms with E-state index >= 15 is 0 Å². The number of carbonyl (C=O) groups excluding carboxylic acids is 2. The highest BCUT2D eigenvalue weighted by Gasteiger charge is 2.38. The van der Waals surface area contributed by atoms with Crippen LogP contribution in [0.1, 0.15) is 12.0 Å². The van der Waals surface area contributed by atoms with Gasteiger partial charge in [0.15, 0.2) is 0 Å². The molecule has 0 saturated carbocycles. The van der Waals surface area contributed by atoms with E-state index in [2.05, 4.69) is 10.0 Å². The van der Waals surface area contributed by atoms with Crippen LogP contribution in [0.4, 0.5) is 11.4 Å². The highest BCUT2D eigenvalue weighted by atomic mass is 32.2. The zero-order chi connectivity index (χ0) is 24.1. The summed E-state index contributed by atoms with van der Waals surface area (Å²) in [5.74, 6) is 0.0525. The number of methoxy groups -OCH3 is 1. The van der Waals surface area contributed by atoms with Crippen molar-refractivity contribution in [3.63, 3.8) is 0 Å². The van der Waals surface area contributed by atoms with Crippen molar-refractivity contribution in [2.45, 2.75) is 23.8 Å². The lowest BCUT2D eigenvalue weighted by atomic mass is 10.1. The summed E-state index contributed by atoms with van der Waals surface area (Å²) in [5.41, 5.74) is 1.88. The molecule has 3 aromatic carbocycles.